The van der Waals surface area contributed by atoms with Gasteiger partial charge in [0.2, 0.25) is 0 Å². The summed E-state index contributed by atoms with van der Waals surface area (Å²) >= 11 is 16.1. The zero-order valence-electron chi connectivity index (χ0n) is 30.6. The number of hydrogen-bond donors (Lipinski definition) is 2. The monoisotopic (exact) mass is 998 g/mol. The minimum atomic E-state index is -0.766. The van der Waals surface area contributed by atoms with Crippen molar-refractivity contribution in [3.63, 3.8) is 0 Å². The fourth-order valence-corrected chi connectivity index (χ4v) is 11.4. The number of carbonyl (C=O) groups is 2. The normalized spacial score (nSPS) is 32.2. The van der Waals surface area contributed by atoms with Crippen LogP contribution in [0.1, 0.15) is 73.6 Å². The van der Waals surface area contributed by atoms with E-state index in [1.165, 1.54) is 11.1 Å². The predicted molar refractivity (Wildman–Crippen MR) is 222 cm³/mol. The van der Waals surface area contributed by atoms with Crippen molar-refractivity contribution >= 4 is 101 Å². The summed E-state index contributed by atoms with van der Waals surface area (Å²) in [5, 5.41) is 7.47. The molecule has 2 amide bonds. The number of hydrogen-bond acceptors (Lipinski definition) is 8. The van der Waals surface area contributed by atoms with Crippen molar-refractivity contribution in [1.82, 2.24) is 15.5 Å². The van der Waals surface area contributed by atoms with E-state index in [1.807, 2.05) is 18.2 Å². The van der Waals surface area contributed by atoms with E-state index in [4.69, 9.17) is 26.7 Å². The second-order valence-corrected chi connectivity index (χ2v) is 17.2. The number of carbonyl (C=O) groups excluding carboxylic acids is 2. The molecule has 2 unspecified atom stereocenters. The molecule has 2 heterocycles. The Kier molecular flexibility index (Phi) is 15.1. The molecular weight excluding hydrogens is 954 g/mol. The van der Waals surface area contributed by atoms with Crippen molar-refractivity contribution in [2.75, 3.05) is 32.5 Å². The summed E-state index contributed by atoms with van der Waals surface area (Å²) in [6, 6.07) is 12.6. The van der Waals surface area contributed by atoms with E-state index in [0.717, 1.165) is 89.4 Å². The molecule has 6 aliphatic rings. The van der Waals surface area contributed by atoms with Gasteiger partial charge in [-0.25, -0.2) is 4.99 Å². The average molecular weight is 1000 g/mol. The van der Waals surface area contributed by atoms with Gasteiger partial charge in [-0.3, -0.25) is 14.5 Å². The first kappa shape index (κ1) is 44.6. The minimum Gasteiger partial charge on any atom is -0.870 e. The zero-order chi connectivity index (χ0) is 36.1. The second-order valence-electron chi connectivity index (χ2n) is 14.2. The number of nitrogens with one attached hydrogen (secondary N) is 2. The largest absolute Gasteiger partial charge is 1.00 e. The van der Waals surface area contributed by atoms with Crippen LogP contribution in [-0.4, -0.2) is 77.1 Å². The third-order valence-electron chi connectivity index (χ3n) is 12.2. The van der Waals surface area contributed by atoms with E-state index in [-0.39, 0.29) is 57.7 Å². The summed E-state index contributed by atoms with van der Waals surface area (Å²) in [7, 11) is 5.42. The van der Waals surface area contributed by atoms with Crippen LogP contribution in [0.3, 0.4) is 0 Å². The fraction of sp³-hybridized carbons (Fsp3) is 0.568. The number of nitrogens with zero attached hydrogens (tertiary/aromatic N) is 2. The van der Waals surface area contributed by atoms with Crippen molar-refractivity contribution in [2.45, 2.75) is 87.5 Å². The molecule has 2 atom stereocenters. The van der Waals surface area contributed by atoms with Gasteiger partial charge in [-0.15, -0.1) is 0 Å². The molecule has 2 saturated carbocycles. The smallest absolute Gasteiger partial charge is 0.870 e. The Morgan fingerprint density at radius 3 is 1.83 bits per heavy atom. The third-order valence-corrected chi connectivity index (χ3v) is 14.1. The number of fused-ring (bicyclic) bond motifs is 6. The third kappa shape index (κ3) is 7.06. The molecule has 8 rings (SSSR count). The van der Waals surface area contributed by atoms with E-state index < -0.39 is 11.1 Å². The fourth-order valence-electron chi connectivity index (χ4n) is 9.82. The van der Waals surface area contributed by atoms with Gasteiger partial charge in [0, 0.05) is 41.0 Å². The molecular formula is C37H46Br2IN4NaO5S2. The molecule has 3 N–H and O–H groups in total. The van der Waals surface area contributed by atoms with Gasteiger partial charge in [0.1, 0.15) is 0 Å². The van der Waals surface area contributed by atoms with Gasteiger partial charge >= 0.3 is 29.6 Å². The van der Waals surface area contributed by atoms with Gasteiger partial charge in [-0.1, -0.05) is 78.3 Å². The van der Waals surface area contributed by atoms with Crippen molar-refractivity contribution < 1.29 is 54.1 Å². The Labute approximate surface area is 369 Å². The number of likely N-dealkylation sites (N-methyl/N-ethyl adjacent to an activating group) is 1. The molecule has 1 saturated heterocycles. The molecule has 52 heavy (non-hydrogen) atoms. The van der Waals surface area contributed by atoms with Crippen LogP contribution in [0.2, 0.25) is 0 Å². The van der Waals surface area contributed by atoms with Crippen molar-refractivity contribution in [3.05, 3.63) is 67.6 Å². The molecule has 0 aromatic heterocycles. The van der Waals surface area contributed by atoms with Crippen molar-refractivity contribution in [2.24, 2.45) is 15.8 Å². The van der Waals surface area contributed by atoms with Gasteiger partial charge in [0.05, 0.1) is 12.2 Å². The molecule has 3 fully saturated rings. The van der Waals surface area contributed by atoms with Crippen LogP contribution < -0.4 is 40.2 Å². The summed E-state index contributed by atoms with van der Waals surface area (Å²) in [4.78, 5) is 35.4. The number of benzene rings is 2. The van der Waals surface area contributed by atoms with Gasteiger partial charge in [0.15, 0.2) is 21.4 Å². The van der Waals surface area contributed by atoms with Crippen LogP contribution >= 0.6 is 78.4 Å². The molecule has 278 valence electrons. The molecule has 0 radical (unpaired) electrons. The summed E-state index contributed by atoms with van der Waals surface area (Å²) in [6.07, 6.45) is 12.2. The number of halogens is 3. The number of ether oxygens (including phenoxy) is 2. The van der Waals surface area contributed by atoms with E-state index in [9.17, 15) is 9.59 Å². The van der Waals surface area contributed by atoms with E-state index in [2.05, 4.69) is 101 Å². The Bertz CT molecular complexity index is 1720. The first-order chi connectivity index (χ1) is 24.0. The predicted octanol–water partition coefficient (Wildman–Crippen LogP) is 4.63. The number of thioether (sulfide) groups is 1. The number of rotatable bonds is 2. The summed E-state index contributed by atoms with van der Waals surface area (Å²) in [5.74, 6) is 0.125. The zero-order valence-corrected chi connectivity index (χ0v) is 39.6. The van der Waals surface area contributed by atoms with Gasteiger partial charge < -0.3 is 25.6 Å². The van der Waals surface area contributed by atoms with Crippen LogP contribution in [0, 0.1) is 10.8 Å². The van der Waals surface area contributed by atoms with E-state index in [0.29, 0.717) is 17.3 Å². The first-order valence-electron chi connectivity index (χ1n) is 17.0. The maximum absolute atomic E-state index is 13.5. The number of amides is 2. The Morgan fingerprint density at radius 2 is 1.37 bits per heavy atom. The molecule has 15 heteroatoms. The van der Waals surface area contributed by atoms with E-state index >= 15 is 0 Å². The standard InChI is InChI=1S/C19H23BrN2O2S.C17H19BrN2O2S.CH3I.Na.H2O/c1-22-16(23)19(21-17(22)25-3)15-10-13(20)5-4-12(15)11-18(19)8-6-14(24-2)7-9-18;1-22-12-4-6-16(7-5-12)9-10-2-3-11(18)8-13(10)17(16)14(21)19-15(23)20-17;1-2;;/h4-5,10,14H,6-9,11H2,1-3H3;2-3,8,12H,4-7,9H2,1H3,(H2,19,20,21,23);1H3;;1H2/q;;;+1;/p-1. The maximum atomic E-state index is 13.5. The number of alkyl halides is 1. The molecule has 9 nitrogen and oxygen atoms in total. The molecule has 2 aromatic rings. The van der Waals surface area contributed by atoms with Gasteiger partial charge in [0.25, 0.3) is 11.8 Å². The number of aliphatic imine (C=N–C) groups is 1. The number of thiocarbonyl (C=S) groups is 1. The van der Waals surface area contributed by atoms with Crippen molar-refractivity contribution in [1.29, 1.82) is 0 Å². The summed E-state index contributed by atoms with van der Waals surface area (Å²) in [5.41, 5.74) is 2.92. The van der Waals surface area contributed by atoms with Crippen LogP contribution in [0.4, 0.5) is 0 Å². The Hall–Kier alpha value is -0.140. The Balaban J connectivity index is 0.000000215. The minimum absolute atomic E-state index is 0. The quantitative estimate of drug-likeness (QED) is 0.194. The summed E-state index contributed by atoms with van der Waals surface area (Å²) < 4.78 is 13.1. The van der Waals surface area contributed by atoms with Crippen molar-refractivity contribution in [3.8, 4) is 0 Å². The molecule has 4 aliphatic carbocycles. The van der Waals surface area contributed by atoms with Gasteiger partial charge in [-0.05, 0) is 134 Å². The second kappa shape index (κ2) is 17.6. The van der Waals surface area contributed by atoms with Crippen LogP contribution in [0.25, 0.3) is 0 Å². The first-order valence-corrected chi connectivity index (χ1v) is 22.4. The topological polar surface area (TPSA) is 122 Å². The van der Waals surface area contributed by atoms with Gasteiger partial charge in [-0.2, -0.15) is 0 Å². The average Bonchev–Trinajstić information content (AvgIpc) is 3.77. The van der Waals surface area contributed by atoms with Crippen LogP contribution in [0.5, 0.6) is 0 Å². The molecule has 0 bridgehead atoms. The van der Waals surface area contributed by atoms with Crippen LogP contribution in [-0.2, 0) is 43.0 Å². The SMILES string of the molecule is CI.COC1CCC2(CC1)Cc1ccc(Br)cc1C21N=C(SC)N(C)C1=O.COC1CCC2(CC1)Cc1ccc(Br)cc1C21NC(=S)NC1=O.[Na+].[OH-]. The number of amidine groups is 1. The summed E-state index contributed by atoms with van der Waals surface area (Å²) in [6.45, 7) is 0. The maximum Gasteiger partial charge on any atom is 1.00 e. The van der Waals surface area contributed by atoms with Crippen LogP contribution in [0.15, 0.2) is 50.3 Å². The van der Waals surface area contributed by atoms with E-state index in [1.54, 1.807) is 30.9 Å². The Morgan fingerprint density at radius 1 is 0.885 bits per heavy atom. The number of methoxy groups -OCH3 is 2. The molecule has 4 spiro atoms. The molecule has 2 aromatic carbocycles. The molecule has 2 aliphatic heterocycles.